The van der Waals surface area contributed by atoms with Gasteiger partial charge in [-0.05, 0) is 81.6 Å². The number of rotatable bonds is 6. The molecule has 0 aromatic heterocycles. The summed E-state index contributed by atoms with van der Waals surface area (Å²) < 4.78 is 5.10. The Hall–Kier alpha value is -2.57. The molecular weight excluding hydrogens is 356 g/mol. The van der Waals surface area contributed by atoms with Crippen LogP contribution < -0.4 is 15.4 Å². The highest BCUT2D eigenvalue weighted by molar-refractivity contribution is 6.05. The van der Waals surface area contributed by atoms with Gasteiger partial charge in [0.1, 0.15) is 11.5 Å². The van der Waals surface area contributed by atoms with Crippen LogP contribution in [-0.2, 0) is 0 Å². The van der Waals surface area contributed by atoms with Crippen molar-refractivity contribution < 1.29 is 19.7 Å². The molecule has 0 saturated carbocycles. The highest BCUT2D eigenvalue weighted by Crippen LogP contribution is 2.36. The molecule has 6 nitrogen and oxygen atoms in total. The minimum absolute atomic E-state index is 0.000841. The third-order valence-electron chi connectivity index (χ3n) is 4.57. The molecule has 0 heterocycles. The number of aliphatic hydroxyl groups is 1. The fourth-order valence-electron chi connectivity index (χ4n) is 2.87. The van der Waals surface area contributed by atoms with E-state index in [1.807, 2.05) is 20.8 Å². The normalized spacial score (nSPS) is 12.5. The minimum atomic E-state index is -0.768. The van der Waals surface area contributed by atoms with Gasteiger partial charge in [0.15, 0.2) is 0 Å². The first-order valence-corrected chi connectivity index (χ1v) is 9.25. The van der Waals surface area contributed by atoms with Crippen molar-refractivity contribution in [1.29, 1.82) is 0 Å². The predicted octanol–water partition coefficient (Wildman–Crippen LogP) is 3.69. The van der Waals surface area contributed by atoms with Crippen LogP contribution in [0.2, 0.25) is 0 Å². The number of nitrogens with one attached hydrogen (secondary N) is 2. The molecule has 4 N–H and O–H groups in total. The van der Waals surface area contributed by atoms with Gasteiger partial charge < -0.3 is 25.6 Å². The van der Waals surface area contributed by atoms with Crippen molar-refractivity contribution in [2.45, 2.75) is 46.3 Å². The lowest BCUT2D eigenvalue weighted by Crippen LogP contribution is -2.38. The van der Waals surface area contributed by atoms with E-state index in [2.05, 4.69) is 10.6 Å². The molecule has 1 unspecified atom stereocenters. The van der Waals surface area contributed by atoms with Crippen LogP contribution in [0.5, 0.6) is 11.5 Å². The first kappa shape index (κ1) is 21.7. The van der Waals surface area contributed by atoms with Gasteiger partial charge in [-0.1, -0.05) is 0 Å². The molecule has 0 aliphatic carbocycles. The Kier molecular flexibility index (Phi) is 6.69. The van der Waals surface area contributed by atoms with Crippen LogP contribution in [0.15, 0.2) is 30.3 Å². The molecule has 6 heteroatoms. The molecular formula is C22H30N2O4. The molecule has 28 heavy (non-hydrogen) atoms. The van der Waals surface area contributed by atoms with Gasteiger partial charge in [-0.2, -0.15) is 0 Å². The molecule has 0 aliphatic heterocycles. The zero-order valence-corrected chi connectivity index (χ0v) is 17.4. The van der Waals surface area contributed by atoms with Crippen LogP contribution in [0, 0.1) is 13.8 Å². The summed E-state index contributed by atoms with van der Waals surface area (Å²) in [5.74, 6) is 0.307. The molecule has 1 amide bonds. The van der Waals surface area contributed by atoms with E-state index >= 15 is 0 Å². The average molecular weight is 386 g/mol. The predicted molar refractivity (Wildman–Crippen MR) is 111 cm³/mol. The Morgan fingerprint density at radius 2 is 1.79 bits per heavy atom. The maximum Gasteiger partial charge on any atom is 0.255 e. The summed E-state index contributed by atoms with van der Waals surface area (Å²) in [6.07, 6.45) is -0.768. The number of methoxy groups -OCH3 is 1. The highest BCUT2D eigenvalue weighted by Gasteiger charge is 2.21. The maximum absolute atomic E-state index is 12.6. The lowest BCUT2D eigenvalue weighted by molar-refractivity contribution is 0.102. The monoisotopic (exact) mass is 386 g/mol. The minimum Gasteiger partial charge on any atom is -0.505 e. The molecule has 0 bridgehead atoms. The Labute approximate surface area is 166 Å². The molecule has 152 valence electrons. The van der Waals surface area contributed by atoms with E-state index in [1.165, 1.54) is 0 Å². The first-order chi connectivity index (χ1) is 13.0. The molecule has 2 aromatic rings. The number of aliphatic hydroxyl groups excluding tert-OH is 1. The van der Waals surface area contributed by atoms with Crippen LogP contribution in [0.1, 0.15) is 53.9 Å². The van der Waals surface area contributed by atoms with Crippen molar-refractivity contribution in [2.24, 2.45) is 0 Å². The van der Waals surface area contributed by atoms with E-state index < -0.39 is 6.10 Å². The van der Waals surface area contributed by atoms with Crippen molar-refractivity contribution in [2.75, 3.05) is 19.0 Å². The summed E-state index contributed by atoms with van der Waals surface area (Å²) in [6, 6.07) is 8.46. The lowest BCUT2D eigenvalue weighted by Gasteiger charge is -2.25. The summed E-state index contributed by atoms with van der Waals surface area (Å²) in [7, 11) is 1.56. The zero-order chi connectivity index (χ0) is 21.1. The summed E-state index contributed by atoms with van der Waals surface area (Å²) in [5.41, 5.74) is 2.50. The van der Waals surface area contributed by atoms with Crippen LogP contribution in [0.4, 0.5) is 5.69 Å². The molecule has 0 saturated heterocycles. The summed E-state index contributed by atoms with van der Waals surface area (Å²) in [5, 5.41) is 27.2. The fourth-order valence-corrected chi connectivity index (χ4v) is 2.87. The number of β-amino-alcohol motifs (C(OH)–C–C–N with tert-alkyl or cyclic N) is 1. The van der Waals surface area contributed by atoms with Crippen LogP contribution in [-0.4, -0.2) is 35.3 Å². The number of ether oxygens (including phenoxy) is 1. The van der Waals surface area contributed by atoms with Gasteiger partial charge >= 0.3 is 0 Å². The Morgan fingerprint density at radius 1 is 1.18 bits per heavy atom. The second-order valence-electron chi connectivity index (χ2n) is 7.96. The molecule has 2 aromatic carbocycles. The quantitative estimate of drug-likeness (QED) is 0.569. The summed E-state index contributed by atoms with van der Waals surface area (Å²) >= 11 is 0. The van der Waals surface area contributed by atoms with E-state index in [1.54, 1.807) is 51.3 Å². The molecule has 2 rings (SSSR count). The van der Waals surface area contributed by atoms with Gasteiger partial charge in [-0.25, -0.2) is 0 Å². The van der Waals surface area contributed by atoms with Crippen molar-refractivity contribution >= 4 is 11.6 Å². The van der Waals surface area contributed by atoms with Gasteiger partial charge in [-0.3, -0.25) is 4.79 Å². The zero-order valence-electron chi connectivity index (χ0n) is 17.4. The van der Waals surface area contributed by atoms with Gasteiger partial charge in [-0.15, -0.1) is 0 Å². The second kappa shape index (κ2) is 8.63. The number of amides is 1. The summed E-state index contributed by atoms with van der Waals surface area (Å²) in [4.78, 5) is 12.6. The number of phenols is 1. The van der Waals surface area contributed by atoms with E-state index in [4.69, 9.17) is 4.74 Å². The fraction of sp³-hybridized carbons (Fsp3) is 0.409. The maximum atomic E-state index is 12.6. The van der Waals surface area contributed by atoms with Crippen LogP contribution in [0.3, 0.4) is 0 Å². The number of benzene rings is 2. The van der Waals surface area contributed by atoms with Crippen LogP contribution in [0.25, 0.3) is 0 Å². The number of carbonyl (C=O) groups excluding carboxylic acids is 1. The van der Waals surface area contributed by atoms with E-state index in [9.17, 15) is 15.0 Å². The molecule has 0 spiro atoms. The number of aromatic hydroxyl groups is 1. The third-order valence-corrected chi connectivity index (χ3v) is 4.57. The summed E-state index contributed by atoms with van der Waals surface area (Å²) in [6.45, 7) is 9.95. The number of hydrogen-bond acceptors (Lipinski definition) is 5. The SMILES string of the molecule is COc1ccc(C(=O)Nc2c(C)c(C(O)CNC(C)(C)C)cc(C)c2O)cc1. The third kappa shape index (κ3) is 5.24. The topological polar surface area (TPSA) is 90.8 Å². The smallest absolute Gasteiger partial charge is 0.255 e. The number of anilines is 1. The molecule has 0 radical (unpaired) electrons. The average Bonchev–Trinajstić information content (AvgIpc) is 2.65. The second-order valence-corrected chi connectivity index (χ2v) is 7.96. The van der Waals surface area contributed by atoms with E-state index in [0.29, 0.717) is 40.2 Å². The largest absolute Gasteiger partial charge is 0.505 e. The van der Waals surface area contributed by atoms with Crippen molar-refractivity contribution in [3.8, 4) is 11.5 Å². The van der Waals surface area contributed by atoms with Gasteiger partial charge in [0.2, 0.25) is 0 Å². The van der Waals surface area contributed by atoms with Crippen molar-refractivity contribution in [3.05, 3.63) is 52.6 Å². The Bertz CT molecular complexity index is 839. The van der Waals surface area contributed by atoms with Crippen molar-refractivity contribution in [3.63, 3.8) is 0 Å². The molecule has 1 atom stereocenters. The highest BCUT2D eigenvalue weighted by atomic mass is 16.5. The van der Waals surface area contributed by atoms with Gasteiger partial charge in [0.25, 0.3) is 5.91 Å². The number of carbonyl (C=O) groups is 1. The molecule has 0 aliphatic rings. The number of phenolic OH excluding ortho intramolecular Hbond substituents is 1. The standard InChI is InChI=1S/C22H30N2O4/c1-13-11-17(18(25)12-23-22(3,4)5)14(2)19(20(13)26)24-21(27)15-7-9-16(28-6)10-8-15/h7-11,18,23,25-26H,12H2,1-6H3,(H,24,27). The van der Waals surface area contributed by atoms with Crippen LogP contribution >= 0.6 is 0 Å². The van der Waals surface area contributed by atoms with Crippen molar-refractivity contribution in [1.82, 2.24) is 5.32 Å². The molecule has 0 fully saturated rings. The Morgan fingerprint density at radius 3 is 2.32 bits per heavy atom. The van der Waals surface area contributed by atoms with Gasteiger partial charge in [0.05, 0.1) is 18.9 Å². The first-order valence-electron chi connectivity index (χ1n) is 9.25. The van der Waals surface area contributed by atoms with Gasteiger partial charge in [0, 0.05) is 17.6 Å². The Balaban J connectivity index is 2.30. The van der Waals surface area contributed by atoms with E-state index in [-0.39, 0.29) is 17.2 Å². The number of aryl methyl sites for hydroxylation is 1. The van der Waals surface area contributed by atoms with E-state index in [0.717, 1.165) is 0 Å². The lowest BCUT2D eigenvalue weighted by atomic mass is 9.96. The number of hydrogen-bond donors (Lipinski definition) is 4.